The molecule has 86 valence electrons. The van der Waals surface area contributed by atoms with Gasteiger partial charge in [-0.1, -0.05) is 18.2 Å². The van der Waals surface area contributed by atoms with E-state index in [1.54, 1.807) is 7.05 Å². The monoisotopic (exact) mass is 220 g/mol. The summed E-state index contributed by atoms with van der Waals surface area (Å²) in [6.07, 6.45) is 0. The summed E-state index contributed by atoms with van der Waals surface area (Å²) >= 11 is 0. The molecule has 2 unspecified atom stereocenters. The lowest BCUT2D eigenvalue weighted by Crippen LogP contribution is -2.42. The van der Waals surface area contributed by atoms with Crippen molar-refractivity contribution in [3.8, 4) is 5.75 Å². The maximum atomic E-state index is 11.7. The lowest BCUT2D eigenvalue weighted by molar-refractivity contribution is -0.123. The number of hydrogen-bond donors (Lipinski definition) is 2. The summed E-state index contributed by atoms with van der Waals surface area (Å²) in [5.41, 5.74) is 1.05. The quantitative estimate of drug-likeness (QED) is 0.793. The maximum Gasteiger partial charge on any atom is 0.237 e. The number of rotatable bonds is 3. The lowest BCUT2D eigenvalue weighted by atomic mass is 10.1. The van der Waals surface area contributed by atoms with Crippen molar-refractivity contribution >= 4 is 5.91 Å². The SMILES string of the molecule is CNC(C)C(=O)NC1COc2ccccc21. The Labute approximate surface area is 95.0 Å². The highest BCUT2D eigenvalue weighted by atomic mass is 16.5. The first-order valence-corrected chi connectivity index (χ1v) is 5.41. The summed E-state index contributed by atoms with van der Waals surface area (Å²) < 4.78 is 5.49. The Hall–Kier alpha value is -1.55. The second-order valence-corrected chi connectivity index (χ2v) is 3.92. The molecule has 0 aromatic heterocycles. The van der Waals surface area contributed by atoms with Gasteiger partial charge in [0.1, 0.15) is 12.4 Å². The second-order valence-electron chi connectivity index (χ2n) is 3.92. The van der Waals surface area contributed by atoms with Crippen LogP contribution in [0.25, 0.3) is 0 Å². The highest BCUT2D eigenvalue weighted by molar-refractivity contribution is 5.81. The highest BCUT2D eigenvalue weighted by Gasteiger charge is 2.26. The van der Waals surface area contributed by atoms with Crippen molar-refractivity contribution in [1.29, 1.82) is 0 Å². The smallest absolute Gasteiger partial charge is 0.237 e. The van der Waals surface area contributed by atoms with Gasteiger partial charge in [0.25, 0.3) is 0 Å². The number of benzene rings is 1. The predicted octanol–water partition coefficient (Wildman–Crippen LogP) is 0.844. The normalized spacial score (nSPS) is 19.8. The van der Waals surface area contributed by atoms with Crippen LogP contribution < -0.4 is 15.4 Å². The van der Waals surface area contributed by atoms with Crippen LogP contribution in [0.1, 0.15) is 18.5 Å². The van der Waals surface area contributed by atoms with E-state index in [0.717, 1.165) is 11.3 Å². The molecular weight excluding hydrogens is 204 g/mol. The fourth-order valence-corrected chi connectivity index (χ4v) is 1.71. The number of carbonyl (C=O) groups is 1. The van der Waals surface area contributed by atoms with Gasteiger partial charge in [-0.25, -0.2) is 0 Å². The molecule has 4 nitrogen and oxygen atoms in total. The summed E-state index contributed by atoms with van der Waals surface area (Å²) in [6.45, 7) is 2.35. The van der Waals surface area contributed by atoms with Gasteiger partial charge in [0, 0.05) is 5.56 Å². The van der Waals surface area contributed by atoms with Gasteiger partial charge in [-0.2, -0.15) is 0 Å². The van der Waals surface area contributed by atoms with Crippen molar-refractivity contribution in [2.75, 3.05) is 13.7 Å². The first-order valence-electron chi connectivity index (χ1n) is 5.41. The topological polar surface area (TPSA) is 50.4 Å². The number of para-hydroxylation sites is 1. The zero-order valence-electron chi connectivity index (χ0n) is 9.49. The van der Waals surface area contributed by atoms with Gasteiger partial charge in [-0.3, -0.25) is 4.79 Å². The fourth-order valence-electron chi connectivity index (χ4n) is 1.71. The molecule has 16 heavy (non-hydrogen) atoms. The van der Waals surface area contributed by atoms with Gasteiger partial charge in [-0.05, 0) is 20.0 Å². The Morgan fingerprint density at radius 3 is 3.00 bits per heavy atom. The van der Waals surface area contributed by atoms with Crippen molar-refractivity contribution in [1.82, 2.24) is 10.6 Å². The largest absolute Gasteiger partial charge is 0.491 e. The van der Waals surface area contributed by atoms with Gasteiger partial charge in [0.15, 0.2) is 0 Å². The molecule has 1 aromatic carbocycles. The van der Waals surface area contributed by atoms with Crippen LogP contribution in [0, 0.1) is 0 Å². The van der Waals surface area contributed by atoms with E-state index in [4.69, 9.17) is 4.74 Å². The molecule has 0 saturated carbocycles. The average molecular weight is 220 g/mol. The van der Waals surface area contributed by atoms with E-state index in [1.165, 1.54) is 0 Å². The van der Waals surface area contributed by atoms with E-state index < -0.39 is 0 Å². The van der Waals surface area contributed by atoms with Crippen LogP contribution in [0.4, 0.5) is 0 Å². The number of amides is 1. The van der Waals surface area contributed by atoms with E-state index in [9.17, 15) is 4.79 Å². The van der Waals surface area contributed by atoms with Gasteiger partial charge < -0.3 is 15.4 Å². The van der Waals surface area contributed by atoms with E-state index >= 15 is 0 Å². The van der Waals surface area contributed by atoms with Crippen molar-refractivity contribution in [2.45, 2.75) is 19.0 Å². The highest BCUT2D eigenvalue weighted by Crippen LogP contribution is 2.31. The van der Waals surface area contributed by atoms with Gasteiger partial charge in [-0.15, -0.1) is 0 Å². The molecule has 0 fully saturated rings. The van der Waals surface area contributed by atoms with E-state index in [2.05, 4.69) is 10.6 Å². The Morgan fingerprint density at radius 2 is 2.25 bits per heavy atom. The first kappa shape index (κ1) is 11.0. The van der Waals surface area contributed by atoms with E-state index in [-0.39, 0.29) is 18.0 Å². The van der Waals surface area contributed by atoms with Crippen LogP contribution in [0.3, 0.4) is 0 Å². The number of hydrogen-bond acceptors (Lipinski definition) is 3. The number of nitrogens with one attached hydrogen (secondary N) is 2. The van der Waals surface area contributed by atoms with Crippen molar-refractivity contribution in [3.63, 3.8) is 0 Å². The Balaban J connectivity index is 2.06. The molecule has 4 heteroatoms. The molecule has 1 heterocycles. The molecule has 0 radical (unpaired) electrons. The van der Waals surface area contributed by atoms with E-state index in [1.807, 2.05) is 31.2 Å². The standard InChI is InChI=1S/C12H16N2O2/c1-8(13-2)12(15)14-10-7-16-11-6-4-3-5-9(10)11/h3-6,8,10,13H,7H2,1-2H3,(H,14,15). The third kappa shape index (κ3) is 2.02. The molecule has 1 aliphatic rings. The summed E-state index contributed by atoms with van der Waals surface area (Å²) in [5, 5.41) is 5.87. The fraction of sp³-hybridized carbons (Fsp3) is 0.417. The molecule has 1 aromatic rings. The molecule has 0 bridgehead atoms. The minimum absolute atomic E-state index is 0.00666. The van der Waals surface area contributed by atoms with Crippen LogP contribution in [0.15, 0.2) is 24.3 Å². The number of fused-ring (bicyclic) bond motifs is 1. The third-order valence-electron chi connectivity index (χ3n) is 2.84. The summed E-state index contributed by atoms with van der Waals surface area (Å²) in [6, 6.07) is 7.57. The third-order valence-corrected chi connectivity index (χ3v) is 2.84. The van der Waals surface area contributed by atoms with Crippen molar-refractivity contribution < 1.29 is 9.53 Å². The molecule has 0 saturated heterocycles. The Bertz CT molecular complexity index is 392. The summed E-state index contributed by atoms with van der Waals surface area (Å²) in [5.74, 6) is 0.859. The second kappa shape index (κ2) is 4.53. The average Bonchev–Trinajstić information content (AvgIpc) is 2.72. The molecule has 2 atom stereocenters. The molecule has 1 aliphatic heterocycles. The minimum Gasteiger partial charge on any atom is -0.491 e. The molecular formula is C12H16N2O2. The zero-order valence-corrected chi connectivity index (χ0v) is 9.49. The Morgan fingerprint density at radius 1 is 1.50 bits per heavy atom. The van der Waals surface area contributed by atoms with Crippen molar-refractivity contribution in [3.05, 3.63) is 29.8 Å². The molecule has 2 rings (SSSR count). The molecule has 0 aliphatic carbocycles. The summed E-state index contributed by atoms with van der Waals surface area (Å²) in [7, 11) is 1.77. The molecule has 0 spiro atoms. The number of likely N-dealkylation sites (N-methyl/N-ethyl adjacent to an activating group) is 1. The Kier molecular flexibility index (Phi) is 3.10. The molecule has 2 N–H and O–H groups in total. The number of carbonyl (C=O) groups excluding carboxylic acids is 1. The van der Waals surface area contributed by atoms with Crippen LogP contribution in [0.2, 0.25) is 0 Å². The summed E-state index contributed by atoms with van der Waals surface area (Å²) in [4.78, 5) is 11.7. The van der Waals surface area contributed by atoms with Crippen LogP contribution in [0.5, 0.6) is 5.75 Å². The lowest BCUT2D eigenvalue weighted by Gasteiger charge is -2.15. The van der Waals surface area contributed by atoms with Crippen LogP contribution >= 0.6 is 0 Å². The van der Waals surface area contributed by atoms with E-state index in [0.29, 0.717) is 6.61 Å². The predicted molar refractivity (Wildman–Crippen MR) is 61.3 cm³/mol. The molecule has 1 amide bonds. The maximum absolute atomic E-state index is 11.7. The first-order chi connectivity index (χ1) is 7.72. The van der Waals surface area contributed by atoms with Crippen LogP contribution in [-0.4, -0.2) is 25.6 Å². The zero-order chi connectivity index (χ0) is 11.5. The van der Waals surface area contributed by atoms with Gasteiger partial charge in [0.05, 0.1) is 12.1 Å². The minimum atomic E-state index is -0.187. The number of ether oxygens (including phenoxy) is 1. The van der Waals surface area contributed by atoms with Gasteiger partial charge >= 0.3 is 0 Å². The van der Waals surface area contributed by atoms with Crippen LogP contribution in [-0.2, 0) is 4.79 Å². The van der Waals surface area contributed by atoms with Gasteiger partial charge in [0.2, 0.25) is 5.91 Å². The van der Waals surface area contributed by atoms with Crippen molar-refractivity contribution in [2.24, 2.45) is 0 Å².